The predicted molar refractivity (Wildman–Crippen MR) is 146 cm³/mol. The SMILES string of the molecule is CCN1c2ccccc2C(c2ccccc2)=C(C(=O)Nc2ccccc2Sc2ccccc2)S1(=O)=O. The highest BCUT2D eigenvalue weighted by Gasteiger charge is 2.40. The smallest absolute Gasteiger partial charge is 0.270 e. The number of nitrogens with zero attached hydrogens (tertiary/aromatic N) is 1. The molecule has 180 valence electrons. The number of carbonyl (C=O) groups is 1. The molecule has 0 saturated heterocycles. The van der Waals surface area contributed by atoms with Crippen molar-refractivity contribution in [2.75, 3.05) is 16.2 Å². The molecule has 0 atom stereocenters. The molecular weight excluding hydrogens is 488 g/mol. The maximum atomic E-state index is 13.9. The minimum atomic E-state index is -4.12. The lowest BCUT2D eigenvalue weighted by atomic mass is 9.95. The van der Waals surface area contributed by atoms with E-state index < -0.39 is 15.9 Å². The Kier molecular flexibility index (Phi) is 6.67. The molecule has 7 heteroatoms. The molecule has 0 spiro atoms. The standard InChI is InChI=1S/C29H24N2O3S2/c1-2-31-25-19-11-9-17-23(25)27(21-13-5-3-6-14-21)28(36(31,33)34)29(32)30-24-18-10-12-20-26(24)35-22-15-7-4-8-16-22/h3-20H,2H2,1H3,(H,30,32). The maximum absolute atomic E-state index is 13.9. The van der Waals surface area contributed by atoms with Crippen LogP contribution in [0.15, 0.2) is 124 Å². The molecule has 0 saturated carbocycles. The molecule has 0 bridgehead atoms. The van der Waals surface area contributed by atoms with Crippen LogP contribution in [0.5, 0.6) is 0 Å². The van der Waals surface area contributed by atoms with Crippen LogP contribution in [0.4, 0.5) is 11.4 Å². The van der Waals surface area contributed by atoms with Gasteiger partial charge in [-0.1, -0.05) is 90.6 Å². The van der Waals surface area contributed by atoms with Crippen LogP contribution in [0.2, 0.25) is 0 Å². The van der Waals surface area contributed by atoms with Crippen LogP contribution in [0.1, 0.15) is 18.1 Å². The number of sulfonamides is 1. The molecule has 1 heterocycles. The van der Waals surface area contributed by atoms with Crippen molar-refractivity contribution < 1.29 is 13.2 Å². The van der Waals surface area contributed by atoms with Gasteiger partial charge in [-0.05, 0) is 42.8 Å². The number of para-hydroxylation sites is 2. The summed E-state index contributed by atoms with van der Waals surface area (Å²) >= 11 is 1.50. The van der Waals surface area contributed by atoms with Crippen molar-refractivity contribution >= 4 is 44.6 Å². The number of anilines is 2. The highest BCUT2D eigenvalue weighted by atomic mass is 32.2. The molecule has 1 aliphatic heterocycles. The van der Waals surface area contributed by atoms with Crippen molar-refractivity contribution in [1.29, 1.82) is 0 Å². The lowest BCUT2D eigenvalue weighted by Gasteiger charge is -2.32. The van der Waals surface area contributed by atoms with Gasteiger partial charge < -0.3 is 5.32 Å². The van der Waals surface area contributed by atoms with Gasteiger partial charge in [0.1, 0.15) is 0 Å². The first-order chi connectivity index (χ1) is 17.5. The summed E-state index contributed by atoms with van der Waals surface area (Å²) in [5, 5.41) is 2.91. The largest absolute Gasteiger partial charge is 0.320 e. The van der Waals surface area contributed by atoms with Crippen molar-refractivity contribution in [2.24, 2.45) is 0 Å². The third-order valence-corrected chi connectivity index (χ3v) is 8.90. The van der Waals surface area contributed by atoms with Gasteiger partial charge in [0.25, 0.3) is 15.9 Å². The number of hydrogen-bond donors (Lipinski definition) is 1. The molecule has 1 amide bonds. The zero-order valence-electron chi connectivity index (χ0n) is 19.6. The second-order valence-electron chi connectivity index (χ2n) is 8.12. The first-order valence-corrected chi connectivity index (χ1v) is 13.8. The minimum Gasteiger partial charge on any atom is -0.320 e. The molecule has 0 unspecified atom stereocenters. The van der Waals surface area contributed by atoms with Crippen molar-refractivity contribution in [2.45, 2.75) is 16.7 Å². The molecule has 36 heavy (non-hydrogen) atoms. The lowest BCUT2D eigenvalue weighted by molar-refractivity contribution is -0.112. The molecule has 4 aromatic carbocycles. The Balaban J connectivity index is 1.65. The van der Waals surface area contributed by atoms with Crippen molar-refractivity contribution in [3.8, 4) is 0 Å². The van der Waals surface area contributed by atoms with E-state index in [2.05, 4.69) is 5.32 Å². The summed E-state index contributed by atoms with van der Waals surface area (Å²) in [4.78, 5) is 15.4. The third kappa shape index (κ3) is 4.43. The van der Waals surface area contributed by atoms with E-state index in [1.165, 1.54) is 16.1 Å². The molecule has 1 N–H and O–H groups in total. The van der Waals surface area contributed by atoms with E-state index in [-0.39, 0.29) is 11.4 Å². The topological polar surface area (TPSA) is 66.5 Å². The number of hydrogen-bond acceptors (Lipinski definition) is 4. The fourth-order valence-corrected chi connectivity index (χ4v) is 6.98. The Bertz CT molecular complexity index is 1550. The van der Waals surface area contributed by atoms with Crippen LogP contribution in [-0.2, 0) is 14.8 Å². The van der Waals surface area contributed by atoms with Gasteiger partial charge in [0.05, 0.1) is 11.4 Å². The first-order valence-electron chi connectivity index (χ1n) is 11.6. The Morgan fingerprint density at radius 1 is 0.806 bits per heavy atom. The van der Waals surface area contributed by atoms with Crippen LogP contribution in [0, 0.1) is 0 Å². The van der Waals surface area contributed by atoms with E-state index >= 15 is 0 Å². The maximum Gasteiger partial charge on any atom is 0.270 e. The predicted octanol–water partition coefficient (Wildman–Crippen LogP) is 6.41. The van der Waals surface area contributed by atoms with Crippen LogP contribution in [-0.4, -0.2) is 20.9 Å². The second-order valence-corrected chi connectivity index (χ2v) is 11.0. The van der Waals surface area contributed by atoms with Crippen LogP contribution in [0.25, 0.3) is 5.57 Å². The second kappa shape index (κ2) is 10.0. The van der Waals surface area contributed by atoms with Gasteiger partial charge >= 0.3 is 0 Å². The average Bonchev–Trinajstić information content (AvgIpc) is 2.90. The highest BCUT2D eigenvalue weighted by molar-refractivity contribution is 7.99. The molecule has 0 fully saturated rings. The molecule has 0 radical (unpaired) electrons. The average molecular weight is 513 g/mol. The summed E-state index contributed by atoms with van der Waals surface area (Å²) in [5.74, 6) is -0.664. The van der Waals surface area contributed by atoms with Crippen molar-refractivity contribution in [3.05, 3.63) is 125 Å². The van der Waals surface area contributed by atoms with E-state index in [9.17, 15) is 13.2 Å². The Hall–Kier alpha value is -3.81. The minimum absolute atomic E-state index is 0.207. The van der Waals surface area contributed by atoms with E-state index in [4.69, 9.17) is 0 Å². The fourth-order valence-electron chi connectivity index (χ4n) is 4.31. The Labute approximate surface area is 215 Å². The Morgan fingerprint density at radius 2 is 1.42 bits per heavy atom. The van der Waals surface area contributed by atoms with E-state index in [1.807, 2.05) is 97.1 Å². The summed E-state index contributed by atoms with van der Waals surface area (Å²) in [6, 6.07) is 33.7. The lowest BCUT2D eigenvalue weighted by Crippen LogP contribution is -2.39. The summed E-state index contributed by atoms with van der Waals surface area (Å²) in [7, 11) is -4.12. The fraction of sp³-hybridized carbons (Fsp3) is 0.0690. The van der Waals surface area contributed by atoms with E-state index in [0.29, 0.717) is 28.1 Å². The number of amides is 1. The summed E-state index contributed by atoms with van der Waals surface area (Å²) in [5.41, 5.74) is 2.89. The van der Waals surface area contributed by atoms with Gasteiger partial charge in [0.15, 0.2) is 4.91 Å². The zero-order chi connectivity index (χ0) is 25.1. The van der Waals surface area contributed by atoms with Gasteiger partial charge in [-0.2, -0.15) is 0 Å². The number of carbonyl (C=O) groups excluding carboxylic acids is 1. The zero-order valence-corrected chi connectivity index (χ0v) is 21.2. The van der Waals surface area contributed by atoms with E-state index in [1.54, 1.807) is 19.1 Å². The number of fused-ring (bicyclic) bond motifs is 1. The van der Waals surface area contributed by atoms with E-state index in [0.717, 1.165) is 9.79 Å². The quantitative estimate of drug-likeness (QED) is 0.324. The van der Waals surface area contributed by atoms with Gasteiger partial charge in [-0.25, -0.2) is 8.42 Å². The summed E-state index contributed by atoms with van der Waals surface area (Å²) < 4.78 is 29.1. The van der Waals surface area contributed by atoms with Gasteiger partial charge in [0.2, 0.25) is 0 Å². The van der Waals surface area contributed by atoms with Gasteiger partial charge in [-0.15, -0.1) is 0 Å². The van der Waals surface area contributed by atoms with Crippen LogP contribution < -0.4 is 9.62 Å². The summed E-state index contributed by atoms with van der Waals surface area (Å²) in [6.45, 7) is 1.97. The highest BCUT2D eigenvalue weighted by Crippen LogP contribution is 2.43. The van der Waals surface area contributed by atoms with Gasteiger partial charge in [0, 0.05) is 27.5 Å². The van der Waals surface area contributed by atoms with Crippen molar-refractivity contribution in [3.63, 3.8) is 0 Å². The normalized spacial score (nSPS) is 14.3. The molecule has 0 aromatic heterocycles. The molecule has 0 aliphatic carbocycles. The molecule has 4 aromatic rings. The molecule has 1 aliphatic rings. The monoisotopic (exact) mass is 512 g/mol. The summed E-state index contributed by atoms with van der Waals surface area (Å²) in [6.07, 6.45) is 0. The Morgan fingerprint density at radius 3 is 2.14 bits per heavy atom. The third-order valence-electron chi connectivity index (χ3n) is 5.88. The molecule has 5 nitrogen and oxygen atoms in total. The number of nitrogens with one attached hydrogen (secondary N) is 1. The number of rotatable bonds is 6. The first kappa shape index (κ1) is 23.9. The molecular formula is C29H24N2O3S2. The van der Waals surface area contributed by atoms with Crippen LogP contribution in [0.3, 0.4) is 0 Å². The molecule has 5 rings (SSSR count). The van der Waals surface area contributed by atoms with Gasteiger partial charge in [-0.3, -0.25) is 9.10 Å². The van der Waals surface area contributed by atoms with Crippen molar-refractivity contribution in [1.82, 2.24) is 0 Å². The number of benzene rings is 4. The van der Waals surface area contributed by atoms with Crippen LogP contribution >= 0.6 is 11.8 Å².